The van der Waals surface area contributed by atoms with Crippen LogP contribution in [0.1, 0.15) is 11.1 Å². The second kappa shape index (κ2) is 12.1. The average Bonchev–Trinajstić information content (AvgIpc) is 3.51. The van der Waals surface area contributed by atoms with E-state index in [1.807, 2.05) is 48.7 Å². The van der Waals surface area contributed by atoms with Crippen molar-refractivity contribution in [3.63, 3.8) is 0 Å². The molecule has 3 aromatic carbocycles. The van der Waals surface area contributed by atoms with Crippen LogP contribution in [-0.4, -0.2) is 48.7 Å². The van der Waals surface area contributed by atoms with Crippen molar-refractivity contribution in [3.05, 3.63) is 124 Å². The quantitative estimate of drug-likeness (QED) is 0.104. The number of non-ortho nitro benzene ring substituents is 1. The van der Waals surface area contributed by atoms with Crippen molar-refractivity contribution in [1.29, 1.82) is 0 Å². The van der Waals surface area contributed by atoms with Gasteiger partial charge in [0.15, 0.2) is 5.17 Å². The van der Waals surface area contributed by atoms with E-state index in [2.05, 4.69) is 16.8 Å². The van der Waals surface area contributed by atoms with Crippen molar-refractivity contribution in [1.82, 2.24) is 14.7 Å². The number of rotatable bonds is 9. The molecular formula is C29H23ClN6O3S. The number of thioether (sulfide) groups is 1. The van der Waals surface area contributed by atoms with E-state index < -0.39 is 10.2 Å². The number of nitro groups is 1. The van der Waals surface area contributed by atoms with Gasteiger partial charge in [-0.25, -0.2) is 4.68 Å². The van der Waals surface area contributed by atoms with Crippen LogP contribution in [-0.2, 0) is 11.2 Å². The standard InChI is InChI=1S/C29H23ClN6O3S/c1-2-15-34-28(37)26(17-20-7-6-10-25(16-20)36(38)39)40-29(34)32-31-18-22-19-35(24-8-4-3-5-9-24)33-27(22)21-11-13-23(30)14-12-21/h2-14,16,18-19,26H,1,15,17H2. The smallest absolute Gasteiger partial charge is 0.269 e. The molecule has 11 heteroatoms. The molecule has 1 saturated heterocycles. The number of para-hydroxylation sites is 1. The first-order chi connectivity index (χ1) is 19.4. The number of nitrogens with zero attached hydrogens (tertiary/aromatic N) is 6. The highest BCUT2D eigenvalue weighted by Gasteiger charge is 2.37. The van der Waals surface area contributed by atoms with Gasteiger partial charge in [0.05, 0.1) is 22.1 Å². The summed E-state index contributed by atoms with van der Waals surface area (Å²) >= 11 is 7.37. The van der Waals surface area contributed by atoms with Crippen LogP contribution in [0, 0.1) is 10.1 Å². The molecule has 0 spiro atoms. The Morgan fingerprint density at radius 3 is 2.60 bits per heavy atom. The van der Waals surface area contributed by atoms with Crippen LogP contribution in [0.15, 0.2) is 108 Å². The molecule has 1 unspecified atom stereocenters. The summed E-state index contributed by atoms with van der Waals surface area (Å²) in [5.74, 6) is -0.149. The number of amides is 1. The highest BCUT2D eigenvalue weighted by Crippen LogP contribution is 2.31. The minimum absolute atomic E-state index is 0.0121. The van der Waals surface area contributed by atoms with Gasteiger partial charge >= 0.3 is 0 Å². The molecule has 0 saturated carbocycles. The molecule has 0 N–H and O–H groups in total. The van der Waals surface area contributed by atoms with Crippen LogP contribution < -0.4 is 0 Å². The van der Waals surface area contributed by atoms with Crippen molar-refractivity contribution >= 4 is 46.3 Å². The van der Waals surface area contributed by atoms with E-state index >= 15 is 0 Å². The zero-order valence-electron chi connectivity index (χ0n) is 21.1. The second-order valence-corrected chi connectivity index (χ2v) is 10.4. The summed E-state index contributed by atoms with van der Waals surface area (Å²) in [5.41, 5.74) is 3.87. The molecule has 1 amide bonds. The predicted molar refractivity (Wildman–Crippen MR) is 159 cm³/mol. The lowest BCUT2D eigenvalue weighted by Gasteiger charge is -2.12. The molecule has 40 heavy (non-hydrogen) atoms. The highest BCUT2D eigenvalue weighted by molar-refractivity contribution is 8.15. The molecule has 5 rings (SSSR count). The van der Waals surface area contributed by atoms with Gasteiger partial charge in [-0.2, -0.15) is 10.2 Å². The fourth-order valence-electron chi connectivity index (χ4n) is 4.19. The fourth-order valence-corrected chi connectivity index (χ4v) is 5.46. The van der Waals surface area contributed by atoms with E-state index in [-0.39, 0.29) is 18.1 Å². The van der Waals surface area contributed by atoms with Crippen molar-refractivity contribution < 1.29 is 9.72 Å². The van der Waals surface area contributed by atoms with E-state index in [0.717, 1.165) is 16.8 Å². The topological polar surface area (TPSA) is 106 Å². The van der Waals surface area contributed by atoms with Crippen LogP contribution in [0.3, 0.4) is 0 Å². The maximum absolute atomic E-state index is 13.2. The van der Waals surface area contributed by atoms with Gasteiger partial charge < -0.3 is 0 Å². The van der Waals surface area contributed by atoms with Gasteiger partial charge in [-0.15, -0.1) is 11.7 Å². The number of hydrogen-bond acceptors (Lipinski definition) is 7. The van der Waals surface area contributed by atoms with Gasteiger partial charge in [0, 0.05) is 41.0 Å². The first-order valence-corrected chi connectivity index (χ1v) is 13.5. The Hall–Kier alpha value is -4.54. The lowest BCUT2D eigenvalue weighted by molar-refractivity contribution is -0.384. The van der Waals surface area contributed by atoms with Crippen molar-refractivity contribution in [2.24, 2.45) is 10.2 Å². The summed E-state index contributed by atoms with van der Waals surface area (Å²) in [5, 5.41) is 25.2. The van der Waals surface area contributed by atoms with Crippen molar-refractivity contribution in [2.45, 2.75) is 11.7 Å². The van der Waals surface area contributed by atoms with Crippen molar-refractivity contribution in [3.8, 4) is 16.9 Å². The first-order valence-electron chi connectivity index (χ1n) is 12.3. The molecule has 2 heterocycles. The Bertz CT molecular complexity index is 1620. The Morgan fingerprint density at radius 2 is 1.88 bits per heavy atom. The first kappa shape index (κ1) is 27.0. The molecule has 1 aromatic heterocycles. The van der Waals surface area contributed by atoms with E-state index in [4.69, 9.17) is 16.7 Å². The number of benzene rings is 3. The third kappa shape index (κ3) is 6.03. The summed E-state index contributed by atoms with van der Waals surface area (Å²) in [6, 6.07) is 23.4. The lowest BCUT2D eigenvalue weighted by Crippen LogP contribution is -2.32. The van der Waals surface area contributed by atoms with Gasteiger partial charge in [0.1, 0.15) is 5.69 Å². The second-order valence-electron chi connectivity index (χ2n) is 8.82. The lowest BCUT2D eigenvalue weighted by atomic mass is 10.1. The van der Waals surface area contributed by atoms with Gasteiger partial charge in [-0.05, 0) is 36.2 Å². The molecule has 0 bridgehead atoms. The summed E-state index contributed by atoms with van der Waals surface area (Å²) in [4.78, 5) is 25.4. The molecule has 200 valence electrons. The maximum Gasteiger partial charge on any atom is 0.269 e. The largest absolute Gasteiger partial charge is 0.285 e. The number of nitro benzene ring substituents is 1. The Balaban J connectivity index is 1.43. The van der Waals surface area contributed by atoms with Crippen LogP contribution in [0.2, 0.25) is 5.02 Å². The number of amidine groups is 1. The average molecular weight is 571 g/mol. The molecule has 1 fully saturated rings. The molecule has 1 aliphatic rings. The minimum Gasteiger partial charge on any atom is -0.285 e. The summed E-state index contributed by atoms with van der Waals surface area (Å²) in [6.45, 7) is 4.02. The zero-order valence-corrected chi connectivity index (χ0v) is 22.7. The summed E-state index contributed by atoms with van der Waals surface area (Å²) in [7, 11) is 0. The SMILES string of the molecule is C=CCN1C(=O)C(Cc2cccc([N+](=O)[O-])c2)SC1=NN=Cc1cn(-c2ccccc2)nc1-c1ccc(Cl)cc1. The minimum atomic E-state index is -0.485. The van der Waals surface area contributed by atoms with E-state index in [1.54, 1.807) is 41.2 Å². The Morgan fingerprint density at radius 1 is 1.10 bits per heavy atom. The fraction of sp³-hybridized carbons (Fsp3) is 0.103. The Labute approximate surface area is 239 Å². The van der Waals surface area contributed by atoms with Gasteiger partial charge in [-0.1, -0.05) is 71.9 Å². The zero-order chi connectivity index (χ0) is 28.1. The predicted octanol–water partition coefficient (Wildman–Crippen LogP) is 6.16. The molecule has 4 aromatic rings. The number of hydrogen-bond donors (Lipinski definition) is 0. The third-order valence-electron chi connectivity index (χ3n) is 6.10. The van der Waals surface area contributed by atoms with Crippen LogP contribution in [0.5, 0.6) is 0 Å². The van der Waals surface area contributed by atoms with Crippen LogP contribution in [0.4, 0.5) is 5.69 Å². The molecule has 1 atom stereocenters. The molecule has 0 radical (unpaired) electrons. The van der Waals surface area contributed by atoms with Crippen LogP contribution in [0.25, 0.3) is 16.9 Å². The highest BCUT2D eigenvalue weighted by atomic mass is 35.5. The van der Waals surface area contributed by atoms with Gasteiger partial charge in [0.25, 0.3) is 5.69 Å². The maximum atomic E-state index is 13.2. The van der Waals surface area contributed by atoms with E-state index in [9.17, 15) is 14.9 Å². The van der Waals surface area contributed by atoms with E-state index in [0.29, 0.717) is 27.9 Å². The summed E-state index contributed by atoms with van der Waals surface area (Å²) < 4.78 is 1.77. The number of carbonyl (C=O) groups excluding carboxylic acids is 1. The normalized spacial score (nSPS) is 16.2. The molecule has 9 nitrogen and oxygen atoms in total. The number of aromatic nitrogens is 2. The number of carbonyl (C=O) groups is 1. The van der Waals surface area contributed by atoms with E-state index in [1.165, 1.54) is 28.8 Å². The molecular weight excluding hydrogens is 548 g/mol. The summed E-state index contributed by atoms with van der Waals surface area (Å²) in [6.07, 6.45) is 5.42. The van der Waals surface area contributed by atoms with Crippen LogP contribution >= 0.6 is 23.4 Å². The Kier molecular flexibility index (Phi) is 8.18. The molecule has 0 aliphatic carbocycles. The van der Waals surface area contributed by atoms with Gasteiger partial charge in [-0.3, -0.25) is 19.8 Å². The monoisotopic (exact) mass is 570 g/mol. The van der Waals surface area contributed by atoms with Crippen molar-refractivity contribution in [2.75, 3.05) is 6.54 Å². The number of halogens is 1. The molecule has 1 aliphatic heterocycles. The van der Waals surface area contributed by atoms with Gasteiger partial charge in [0.2, 0.25) is 5.91 Å². The third-order valence-corrected chi connectivity index (χ3v) is 7.51.